The van der Waals surface area contributed by atoms with E-state index in [1.54, 1.807) is 17.4 Å². The van der Waals surface area contributed by atoms with Crippen LogP contribution in [0.1, 0.15) is 18.4 Å². The van der Waals surface area contributed by atoms with Gasteiger partial charge >= 0.3 is 0 Å². The van der Waals surface area contributed by atoms with Gasteiger partial charge in [-0.05, 0) is 42.1 Å². The summed E-state index contributed by atoms with van der Waals surface area (Å²) in [5, 5.41) is 8.98. The molecular formula is C23H19N3O4S. The lowest BCUT2D eigenvalue weighted by molar-refractivity contribution is -0.128. The first-order chi connectivity index (χ1) is 15.2. The molecule has 0 aliphatic carbocycles. The minimum Gasteiger partial charge on any atom is -0.482 e. The number of rotatable bonds is 5. The number of fused-ring (bicyclic) bond motifs is 1. The topological polar surface area (TPSA) is 86.5 Å². The predicted octanol–water partition coefficient (Wildman–Crippen LogP) is 4.56. The standard InChI is InChI=1S/C23H19N3O4S/c1-14-21(29-18-10-5-4-9-17(18)28-14)23(27)24-16-8-3-2-7-15(16)13-20-25-22(26-30-20)19-11-6-12-31-19/h2-12,14,21H,13H2,1H3,(H,24,27)/t14-,21-/m0/s1. The van der Waals surface area contributed by atoms with Gasteiger partial charge in [0.25, 0.3) is 5.91 Å². The number of aromatic nitrogens is 2. The van der Waals surface area contributed by atoms with Crippen molar-refractivity contribution in [2.45, 2.75) is 25.6 Å². The number of benzene rings is 2. The van der Waals surface area contributed by atoms with Gasteiger partial charge in [-0.3, -0.25) is 4.79 Å². The van der Waals surface area contributed by atoms with Crippen molar-refractivity contribution in [3.05, 3.63) is 77.5 Å². The summed E-state index contributed by atoms with van der Waals surface area (Å²) in [6.45, 7) is 1.82. The summed E-state index contributed by atoms with van der Waals surface area (Å²) in [6, 6.07) is 18.7. The number of nitrogens with one attached hydrogen (secondary N) is 1. The molecule has 31 heavy (non-hydrogen) atoms. The lowest BCUT2D eigenvalue weighted by Gasteiger charge is -2.31. The Balaban J connectivity index is 1.32. The molecule has 3 heterocycles. The summed E-state index contributed by atoms with van der Waals surface area (Å²) in [7, 11) is 0. The molecule has 0 bridgehead atoms. The number of thiophene rings is 1. The van der Waals surface area contributed by atoms with Crippen molar-refractivity contribution in [2.75, 3.05) is 5.32 Å². The third-order valence-electron chi connectivity index (χ3n) is 4.93. The Morgan fingerprint density at radius 3 is 2.61 bits per heavy atom. The molecule has 1 aliphatic heterocycles. The Bertz CT molecular complexity index is 1210. The smallest absolute Gasteiger partial charge is 0.269 e. The summed E-state index contributed by atoms with van der Waals surface area (Å²) >= 11 is 1.55. The number of anilines is 1. The molecule has 1 aliphatic rings. The van der Waals surface area contributed by atoms with Gasteiger partial charge in [0.1, 0.15) is 6.10 Å². The van der Waals surface area contributed by atoms with E-state index in [0.717, 1.165) is 10.4 Å². The predicted molar refractivity (Wildman–Crippen MR) is 116 cm³/mol. The van der Waals surface area contributed by atoms with Crippen LogP contribution in [0.15, 0.2) is 70.6 Å². The number of hydrogen-bond donors (Lipinski definition) is 1. The van der Waals surface area contributed by atoms with E-state index in [1.807, 2.05) is 66.9 Å². The monoisotopic (exact) mass is 433 g/mol. The molecule has 0 saturated heterocycles. The largest absolute Gasteiger partial charge is 0.482 e. The maximum atomic E-state index is 13.0. The molecule has 5 rings (SSSR count). The molecular weight excluding hydrogens is 414 g/mol. The van der Waals surface area contributed by atoms with Crippen molar-refractivity contribution in [3.63, 3.8) is 0 Å². The van der Waals surface area contributed by atoms with Gasteiger partial charge in [0.15, 0.2) is 11.5 Å². The second-order valence-electron chi connectivity index (χ2n) is 7.12. The molecule has 1 N–H and O–H groups in total. The van der Waals surface area contributed by atoms with Crippen LogP contribution in [0, 0.1) is 0 Å². The average Bonchev–Trinajstić information content (AvgIpc) is 3.46. The SMILES string of the molecule is C[C@@H]1Oc2ccccc2O[C@@H]1C(=O)Nc1ccccc1Cc1nc(-c2cccs2)no1. The number of nitrogens with zero attached hydrogens (tertiary/aromatic N) is 2. The van der Waals surface area contributed by atoms with Gasteiger partial charge in [0, 0.05) is 5.69 Å². The maximum absolute atomic E-state index is 13.0. The molecule has 8 heteroatoms. The van der Waals surface area contributed by atoms with Crippen LogP contribution in [0.25, 0.3) is 10.7 Å². The van der Waals surface area contributed by atoms with E-state index in [4.69, 9.17) is 14.0 Å². The molecule has 2 aromatic carbocycles. The summed E-state index contributed by atoms with van der Waals surface area (Å²) in [5.74, 6) is 1.95. The summed E-state index contributed by atoms with van der Waals surface area (Å²) in [6.07, 6.45) is -0.793. The third-order valence-corrected chi connectivity index (χ3v) is 5.79. The summed E-state index contributed by atoms with van der Waals surface area (Å²) in [4.78, 5) is 18.4. The van der Waals surface area contributed by atoms with E-state index < -0.39 is 12.2 Å². The lowest BCUT2D eigenvalue weighted by atomic mass is 10.1. The highest BCUT2D eigenvalue weighted by atomic mass is 32.1. The molecule has 0 unspecified atom stereocenters. The molecule has 1 amide bonds. The van der Waals surface area contributed by atoms with Crippen molar-refractivity contribution in [1.82, 2.24) is 10.1 Å². The normalized spacial score (nSPS) is 17.3. The van der Waals surface area contributed by atoms with E-state index in [9.17, 15) is 4.79 Å². The molecule has 156 valence electrons. The van der Waals surface area contributed by atoms with E-state index in [1.165, 1.54) is 0 Å². The van der Waals surface area contributed by atoms with E-state index >= 15 is 0 Å². The Morgan fingerprint density at radius 1 is 1.03 bits per heavy atom. The van der Waals surface area contributed by atoms with Gasteiger partial charge in [-0.1, -0.05) is 41.6 Å². The average molecular weight is 433 g/mol. The van der Waals surface area contributed by atoms with Crippen LogP contribution in [0.2, 0.25) is 0 Å². The first kappa shape index (κ1) is 19.3. The number of para-hydroxylation sites is 3. The van der Waals surface area contributed by atoms with Crippen molar-refractivity contribution < 1.29 is 18.8 Å². The fourth-order valence-corrected chi connectivity index (χ4v) is 4.05. The van der Waals surface area contributed by atoms with Crippen LogP contribution < -0.4 is 14.8 Å². The molecule has 0 saturated carbocycles. The second-order valence-corrected chi connectivity index (χ2v) is 8.07. The Morgan fingerprint density at radius 2 is 1.81 bits per heavy atom. The highest BCUT2D eigenvalue weighted by Crippen LogP contribution is 2.34. The number of carbonyl (C=O) groups is 1. The highest BCUT2D eigenvalue weighted by molar-refractivity contribution is 7.13. The molecule has 7 nitrogen and oxygen atoms in total. The van der Waals surface area contributed by atoms with Crippen LogP contribution >= 0.6 is 11.3 Å². The minimum atomic E-state index is -0.767. The summed E-state index contributed by atoms with van der Waals surface area (Å²) in [5.41, 5.74) is 1.53. The van der Waals surface area contributed by atoms with Gasteiger partial charge in [0.2, 0.25) is 17.8 Å². The summed E-state index contributed by atoms with van der Waals surface area (Å²) < 4.78 is 17.2. The van der Waals surface area contributed by atoms with Gasteiger partial charge < -0.3 is 19.3 Å². The molecule has 0 spiro atoms. The minimum absolute atomic E-state index is 0.278. The number of amides is 1. The quantitative estimate of drug-likeness (QED) is 0.497. The maximum Gasteiger partial charge on any atom is 0.269 e. The van der Waals surface area contributed by atoms with Crippen molar-refractivity contribution in [3.8, 4) is 22.2 Å². The van der Waals surface area contributed by atoms with E-state index in [2.05, 4.69) is 15.5 Å². The van der Waals surface area contributed by atoms with Gasteiger partial charge in [-0.15, -0.1) is 11.3 Å². The first-order valence-electron chi connectivity index (χ1n) is 9.85. The number of ether oxygens (including phenoxy) is 2. The molecule has 4 aromatic rings. The molecule has 0 radical (unpaired) electrons. The fourth-order valence-electron chi connectivity index (χ4n) is 3.40. The highest BCUT2D eigenvalue weighted by Gasteiger charge is 2.34. The zero-order valence-electron chi connectivity index (χ0n) is 16.6. The molecule has 2 atom stereocenters. The zero-order chi connectivity index (χ0) is 21.2. The fraction of sp³-hybridized carbons (Fsp3) is 0.174. The van der Waals surface area contributed by atoms with Crippen molar-refractivity contribution in [1.29, 1.82) is 0 Å². The van der Waals surface area contributed by atoms with Crippen LogP contribution in [-0.2, 0) is 11.2 Å². The van der Waals surface area contributed by atoms with Crippen molar-refractivity contribution >= 4 is 22.9 Å². The van der Waals surface area contributed by atoms with Gasteiger partial charge in [-0.25, -0.2) is 0 Å². The van der Waals surface area contributed by atoms with Crippen molar-refractivity contribution in [2.24, 2.45) is 0 Å². The van der Waals surface area contributed by atoms with Crippen LogP contribution in [0.3, 0.4) is 0 Å². The molecule has 0 fully saturated rings. The lowest BCUT2D eigenvalue weighted by Crippen LogP contribution is -2.46. The number of carbonyl (C=O) groups excluding carboxylic acids is 1. The molecule has 2 aromatic heterocycles. The van der Waals surface area contributed by atoms with Gasteiger partial charge in [-0.2, -0.15) is 4.98 Å². The van der Waals surface area contributed by atoms with E-state index in [0.29, 0.717) is 35.3 Å². The van der Waals surface area contributed by atoms with Gasteiger partial charge in [0.05, 0.1) is 11.3 Å². The Kier molecular flexibility index (Phi) is 5.13. The second kappa shape index (κ2) is 8.23. The number of hydrogen-bond acceptors (Lipinski definition) is 7. The van der Waals surface area contributed by atoms with Crippen LogP contribution in [0.4, 0.5) is 5.69 Å². The third kappa shape index (κ3) is 4.02. The zero-order valence-corrected chi connectivity index (χ0v) is 17.5. The van der Waals surface area contributed by atoms with Crippen LogP contribution in [0.5, 0.6) is 11.5 Å². The van der Waals surface area contributed by atoms with Crippen LogP contribution in [-0.4, -0.2) is 28.3 Å². The first-order valence-corrected chi connectivity index (χ1v) is 10.7. The van der Waals surface area contributed by atoms with E-state index in [-0.39, 0.29) is 5.91 Å². The Labute approximate surface area is 182 Å². The Hall–Kier alpha value is -3.65.